The summed E-state index contributed by atoms with van der Waals surface area (Å²) in [7, 11) is 0. The van der Waals surface area contributed by atoms with Crippen LogP contribution in [-0.2, 0) is 9.59 Å². The van der Waals surface area contributed by atoms with Crippen LogP contribution in [0.1, 0.15) is 12.5 Å². The Balaban J connectivity index is 2.00. The van der Waals surface area contributed by atoms with Crippen molar-refractivity contribution in [2.75, 3.05) is 0 Å². The first-order valence-electron chi connectivity index (χ1n) is 5.61. The molecule has 0 amide bonds. The van der Waals surface area contributed by atoms with Crippen LogP contribution in [0.15, 0.2) is 36.4 Å². The van der Waals surface area contributed by atoms with Gasteiger partial charge in [0.15, 0.2) is 5.78 Å². The number of hydrogen-bond acceptors (Lipinski definition) is 2. The van der Waals surface area contributed by atoms with E-state index in [-0.39, 0.29) is 11.7 Å². The Kier molecular flexibility index (Phi) is 1.85. The summed E-state index contributed by atoms with van der Waals surface area (Å²) in [4.78, 5) is 23.1. The van der Waals surface area contributed by atoms with Crippen LogP contribution >= 0.6 is 0 Å². The van der Waals surface area contributed by atoms with Crippen LogP contribution in [0.4, 0.5) is 0 Å². The lowest BCUT2D eigenvalue weighted by atomic mass is 9.98. The third kappa shape index (κ3) is 1.22. The second kappa shape index (κ2) is 3.06. The van der Waals surface area contributed by atoms with Crippen molar-refractivity contribution in [3.05, 3.63) is 42.0 Å². The van der Waals surface area contributed by atoms with Gasteiger partial charge in [-0.25, -0.2) is 0 Å². The van der Waals surface area contributed by atoms with Crippen molar-refractivity contribution in [1.29, 1.82) is 0 Å². The minimum Gasteiger partial charge on any atom is -0.481 e. The molecule has 1 aromatic rings. The minimum absolute atomic E-state index is 0.0221. The number of ketones is 1. The number of Topliss-reactive ketones (excluding diaryl/α,β-unsaturated/α-hetero) is 1. The van der Waals surface area contributed by atoms with Gasteiger partial charge in [0, 0.05) is 16.9 Å². The lowest BCUT2D eigenvalue weighted by Crippen LogP contribution is -2.10. The maximum absolute atomic E-state index is 12.1. The zero-order valence-corrected chi connectivity index (χ0v) is 9.38. The zero-order chi connectivity index (χ0) is 12.2. The van der Waals surface area contributed by atoms with E-state index in [2.05, 4.69) is 0 Å². The minimum atomic E-state index is -0.866. The van der Waals surface area contributed by atoms with E-state index in [9.17, 15) is 9.59 Å². The van der Waals surface area contributed by atoms with Gasteiger partial charge >= 0.3 is 5.97 Å². The van der Waals surface area contributed by atoms with Crippen molar-refractivity contribution in [1.82, 2.24) is 0 Å². The van der Waals surface area contributed by atoms with E-state index < -0.39 is 17.3 Å². The first kappa shape index (κ1) is 10.3. The van der Waals surface area contributed by atoms with Gasteiger partial charge in [-0.15, -0.1) is 0 Å². The predicted octanol–water partition coefficient (Wildman–Crippen LogP) is 1.99. The van der Waals surface area contributed by atoms with E-state index in [1.54, 1.807) is 0 Å². The van der Waals surface area contributed by atoms with Gasteiger partial charge in [-0.05, 0) is 5.56 Å². The molecule has 2 aliphatic rings. The molecule has 1 saturated carbocycles. The molecule has 3 rings (SSSR count). The number of carboxylic acid groups (broad SMARTS) is 1. The summed E-state index contributed by atoms with van der Waals surface area (Å²) in [6.45, 7) is 1.85. The van der Waals surface area contributed by atoms with Crippen LogP contribution in [-0.4, -0.2) is 16.9 Å². The van der Waals surface area contributed by atoms with Gasteiger partial charge in [0.1, 0.15) is 0 Å². The van der Waals surface area contributed by atoms with Gasteiger partial charge in [-0.3, -0.25) is 9.59 Å². The van der Waals surface area contributed by atoms with Gasteiger partial charge in [0.25, 0.3) is 0 Å². The second-order valence-electron chi connectivity index (χ2n) is 4.95. The summed E-state index contributed by atoms with van der Waals surface area (Å²) in [6.07, 6.45) is 1.84. The fraction of sp³-hybridized carbons (Fsp3) is 0.286. The molecule has 3 atom stereocenters. The van der Waals surface area contributed by atoms with Crippen LogP contribution in [0, 0.1) is 17.3 Å². The Bertz CT molecular complexity index is 544. The lowest BCUT2D eigenvalue weighted by molar-refractivity contribution is -0.140. The molecule has 17 heavy (non-hydrogen) atoms. The van der Waals surface area contributed by atoms with Crippen molar-refractivity contribution >= 4 is 17.3 Å². The summed E-state index contributed by atoms with van der Waals surface area (Å²) < 4.78 is 0. The van der Waals surface area contributed by atoms with Crippen molar-refractivity contribution in [3.8, 4) is 0 Å². The van der Waals surface area contributed by atoms with Crippen molar-refractivity contribution in [2.45, 2.75) is 6.92 Å². The van der Waals surface area contributed by atoms with Crippen molar-refractivity contribution in [2.24, 2.45) is 17.3 Å². The standard InChI is InChI=1S/C14H12O3/c1-14-7-9(8-5-3-2-4-6-8)12(15)10(14)11(14)13(16)17/h2-7,10-11H,1H3,(H,16,17). The van der Waals surface area contributed by atoms with Gasteiger partial charge in [0.2, 0.25) is 0 Å². The molecule has 0 heterocycles. The first-order valence-corrected chi connectivity index (χ1v) is 5.61. The highest BCUT2D eigenvalue weighted by atomic mass is 16.4. The monoisotopic (exact) mass is 228 g/mol. The van der Waals surface area contributed by atoms with E-state index >= 15 is 0 Å². The van der Waals surface area contributed by atoms with Gasteiger partial charge in [-0.2, -0.15) is 0 Å². The summed E-state index contributed by atoms with van der Waals surface area (Å²) in [6, 6.07) is 9.42. The van der Waals surface area contributed by atoms with Gasteiger partial charge in [0.05, 0.1) is 5.92 Å². The van der Waals surface area contributed by atoms with Crippen LogP contribution in [0.5, 0.6) is 0 Å². The summed E-state index contributed by atoms with van der Waals surface area (Å²) in [5, 5.41) is 9.02. The number of allylic oxidation sites excluding steroid dienone is 2. The Morgan fingerprint density at radius 2 is 1.94 bits per heavy atom. The average Bonchev–Trinajstić information content (AvgIpc) is 2.84. The summed E-state index contributed by atoms with van der Waals surface area (Å²) >= 11 is 0. The fourth-order valence-electron chi connectivity index (χ4n) is 2.95. The molecule has 1 aromatic carbocycles. The number of fused-ring (bicyclic) bond motifs is 1. The molecule has 0 spiro atoms. The molecular weight excluding hydrogens is 216 g/mol. The maximum atomic E-state index is 12.1. The third-order valence-electron chi connectivity index (χ3n) is 3.92. The quantitative estimate of drug-likeness (QED) is 0.842. The molecular formula is C14H12O3. The molecule has 3 nitrogen and oxygen atoms in total. The largest absolute Gasteiger partial charge is 0.481 e. The van der Waals surface area contributed by atoms with E-state index in [1.807, 2.05) is 43.3 Å². The molecule has 2 aliphatic carbocycles. The molecule has 3 heteroatoms. The SMILES string of the molecule is CC12C=C(c3ccccc3)C(=O)C1C2C(=O)O. The molecule has 86 valence electrons. The number of hydrogen-bond donors (Lipinski definition) is 1. The van der Waals surface area contributed by atoms with E-state index in [4.69, 9.17) is 5.11 Å². The Hall–Kier alpha value is -1.90. The van der Waals surface area contributed by atoms with Crippen LogP contribution in [0.2, 0.25) is 0 Å². The molecule has 0 aliphatic heterocycles. The van der Waals surface area contributed by atoms with Crippen LogP contribution < -0.4 is 0 Å². The Morgan fingerprint density at radius 1 is 1.29 bits per heavy atom. The highest BCUT2D eigenvalue weighted by Gasteiger charge is 2.71. The van der Waals surface area contributed by atoms with E-state index in [0.29, 0.717) is 5.57 Å². The van der Waals surface area contributed by atoms with E-state index in [1.165, 1.54) is 0 Å². The Labute approximate surface area is 98.8 Å². The van der Waals surface area contributed by atoms with Crippen LogP contribution in [0.3, 0.4) is 0 Å². The zero-order valence-electron chi connectivity index (χ0n) is 9.38. The normalized spacial score (nSPS) is 34.2. The third-order valence-corrected chi connectivity index (χ3v) is 3.92. The van der Waals surface area contributed by atoms with E-state index in [0.717, 1.165) is 5.56 Å². The number of carbonyl (C=O) groups excluding carboxylic acids is 1. The molecule has 1 fully saturated rings. The lowest BCUT2D eigenvalue weighted by Gasteiger charge is -2.05. The van der Waals surface area contributed by atoms with Crippen LogP contribution in [0.25, 0.3) is 5.57 Å². The predicted molar refractivity (Wildman–Crippen MR) is 62.1 cm³/mol. The van der Waals surface area contributed by atoms with Gasteiger partial charge in [-0.1, -0.05) is 43.3 Å². The summed E-state index contributed by atoms with van der Waals surface area (Å²) in [5.41, 5.74) is 1.10. The second-order valence-corrected chi connectivity index (χ2v) is 4.95. The topological polar surface area (TPSA) is 54.4 Å². The average molecular weight is 228 g/mol. The number of carboxylic acids is 1. The molecule has 0 saturated heterocycles. The molecule has 0 radical (unpaired) electrons. The molecule has 0 bridgehead atoms. The molecule has 1 N–H and O–H groups in total. The van der Waals surface area contributed by atoms with Crippen molar-refractivity contribution < 1.29 is 14.7 Å². The maximum Gasteiger partial charge on any atom is 0.308 e. The fourth-order valence-corrected chi connectivity index (χ4v) is 2.95. The smallest absolute Gasteiger partial charge is 0.308 e. The van der Waals surface area contributed by atoms with Crippen molar-refractivity contribution in [3.63, 3.8) is 0 Å². The highest BCUT2D eigenvalue weighted by Crippen LogP contribution is 2.66. The molecule has 3 unspecified atom stereocenters. The number of benzene rings is 1. The number of rotatable bonds is 2. The first-order chi connectivity index (χ1) is 8.05. The number of aliphatic carboxylic acids is 1. The molecule has 0 aromatic heterocycles. The van der Waals surface area contributed by atoms with Gasteiger partial charge < -0.3 is 5.11 Å². The highest BCUT2D eigenvalue weighted by molar-refractivity contribution is 6.27. The number of carbonyl (C=O) groups is 2. The Morgan fingerprint density at radius 3 is 2.41 bits per heavy atom. The summed E-state index contributed by atoms with van der Waals surface area (Å²) in [5.74, 6) is -1.77.